The van der Waals surface area contributed by atoms with E-state index in [0.29, 0.717) is 0 Å². The third kappa shape index (κ3) is 2.10. The Morgan fingerprint density at radius 2 is 2.06 bits per heavy atom. The lowest BCUT2D eigenvalue weighted by atomic mass is 10.1. The molecule has 0 amide bonds. The maximum atomic E-state index is 11.5. The van der Waals surface area contributed by atoms with E-state index in [0.717, 1.165) is 16.8 Å². The summed E-state index contributed by atoms with van der Waals surface area (Å²) >= 11 is 0. The van der Waals surface area contributed by atoms with Crippen molar-refractivity contribution in [3.05, 3.63) is 33.1 Å². The van der Waals surface area contributed by atoms with Crippen LogP contribution in [-0.2, 0) is 4.74 Å². The lowest BCUT2D eigenvalue weighted by Gasteiger charge is -2.17. The maximum absolute atomic E-state index is 11.5. The first kappa shape index (κ1) is 13.0. The molecule has 1 fully saturated rings. The van der Waals surface area contributed by atoms with E-state index in [1.54, 1.807) is 0 Å². The van der Waals surface area contributed by atoms with Crippen LogP contribution in [0.4, 0.5) is 0 Å². The Balaban J connectivity index is 2.35. The minimum absolute atomic E-state index is 0.573. The van der Waals surface area contributed by atoms with Crippen LogP contribution in [0.5, 0.6) is 0 Å². The first-order chi connectivity index (χ1) is 8.41. The van der Waals surface area contributed by atoms with Crippen molar-refractivity contribution in [2.45, 2.75) is 37.6 Å². The lowest BCUT2D eigenvalue weighted by molar-refractivity contribution is -0.0804. The van der Waals surface area contributed by atoms with E-state index < -0.39 is 41.9 Å². The van der Waals surface area contributed by atoms with Gasteiger partial charge in [-0.05, 0) is 6.92 Å². The molecule has 8 heteroatoms. The summed E-state index contributed by atoms with van der Waals surface area (Å²) in [5.41, 5.74) is -1.33. The van der Waals surface area contributed by atoms with Crippen LogP contribution in [-0.4, -0.2) is 49.3 Å². The van der Waals surface area contributed by atoms with Gasteiger partial charge in [-0.2, -0.15) is 0 Å². The van der Waals surface area contributed by atoms with Crippen LogP contribution in [0, 0.1) is 0 Å². The van der Waals surface area contributed by atoms with E-state index in [1.165, 1.54) is 6.92 Å². The SMILES string of the molecule is C[C@@H](O)[C@H]1O[C@@H](n2ccc(=O)[nH]c2=O)[C@@H](O)C1O. The van der Waals surface area contributed by atoms with Crippen molar-refractivity contribution >= 4 is 0 Å². The molecule has 1 aromatic rings. The number of nitrogens with one attached hydrogen (secondary N) is 1. The zero-order chi connectivity index (χ0) is 13.4. The molecular formula is C10H14N2O6. The highest BCUT2D eigenvalue weighted by Crippen LogP contribution is 2.29. The third-order valence-electron chi connectivity index (χ3n) is 2.88. The van der Waals surface area contributed by atoms with Gasteiger partial charge >= 0.3 is 5.69 Å². The molecule has 0 aromatic carbocycles. The van der Waals surface area contributed by atoms with E-state index in [2.05, 4.69) is 0 Å². The Morgan fingerprint density at radius 3 is 2.56 bits per heavy atom. The Kier molecular flexibility index (Phi) is 3.35. The minimum atomic E-state index is -1.37. The number of aromatic nitrogens is 2. The zero-order valence-electron chi connectivity index (χ0n) is 9.56. The summed E-state index contributed by atoms with van der Waals surface area (Å²) in [6.07, 6.45) is -4.67. The summed E-state index contributed by atoms with van der Waals surface area (Å²) in [5, 5.41) is 28.8. The number of hydrogen-bond donors (Lipinski definition) is 4. The highest BCUT2D eigenvalue weighted by molar-refractivity contribution is 4.94. The van der Waals surface area contributed by atoms with E-state index in [-0.39, 0.29) is 0 Å². The molecule has 0 spiro atoms. The fourth-order valence-electron chi connectivity index (χ4n) is 1.94. The smallest absolute Gasteiger partial charge is 0.330 e. The van der Waals surface area contributed by atoms with Crippen molar-refractivity contribution in [3.8, 4) is 0 Å². The van der Waals surface area contributed by atoms with Crippen LogP contribution in [0.25, 0.3) is 0 Å². The van der Waals surface area contributed by atoms with Crippen LogP contribution in [0.3, 0.4) is 0 Å². The molecule has 4 N–H and O–H groups in total. The molecule has 2 heterocycles. The molecule has 8 nitrogen and oxygen atoms in total. The molecule has 2 rings (SSSR count). The largest absolute Gasteiger partial charge is 0.391 e. The summed E-state index contributed by atoms with van der Waals surface area (Å²) in [5.74, 6) is 0. The molecular weight excluding hydrogens is 244 g/mol. The monoisotopic (exact) mass is 258 g/mol. The number of nitrogens with zero attached hydrogens (tertiary/aromatic N) is 1. The van der Waals surface area contributed by atoms with Crippen LogP contribution in [0.15, 0.2) is 21.9 Å². The Hall–Kier alpha value is -1.48. The minimum Gasteiger partial charge on any atom is -0.391 e. The topological polar surface area (TPSA) is 125 Å². The molecule has 1 aliphatic heterocycles. The van der Waals surface area contributed by atoms with Crippen molar-refractivity contribution in [1.29, 1.82) is 0 Å². The summed E-state index contributed by atoms with van der Waals surface area (Å²) in [4.78, 5) is 24.5. The Labute approximate surface area is 101 Å². The van der Waals surface area contributed by atoms with Crippen molar-refractivity contribution in [2.24, 2.45) is 0 Å². The zero-order valence-corrected chi connectivity index (χ0v) is 9.56. The highest BCUT2D eigenvalue weighted by atomic mass is 16.6. The van der Waals surface area contributed by atoms with Crippen LogP contribution in [0.2, 0.25) is 0 Å². The van der Waals surface area contributed by atoms with Gasteiger partial charge < -0.3 is 20.1 Å². The Morgan fingerprint density at radius 1 is 1.39 bits per heavy atom. The van der Waals surface area contributed by atoms with Gasteiger partial charge in [0, 0.05) is 12.3 Å². The summed E-state index contributed by atoms with van der Waals surface area (Å²) in [6.45, 7) is 1.40. The van der Waals surface area contributed by atoms with Gasteiger partial charge in [0.05, 0.1) is 6.10 Å². The van der Waals surface area contributed by atoms with Crippen LogP contribution < -0.4 is 11.2 Å². The van der Waals surface area contributed by atoms with E-state index >= 15 is 0 Å². The van der Waals surface area contributed by atoms with Crippen molar-refractivity contribution < 1.29 is 20.1 Å². The molecule has 0 saturated carbocycles. The van der Waals surface area contributed by atoms with E-state index in [4.69, 9.17) is 4.74 Å². The number of H-pyrrole nitrogens is 1. The number of rotatable bonds is 2. The second-order valence-corrected chi connectivity index (χ2v) is 4.23. The van der Waals surface area contributed by atoms with E-state index in [9.17, 15) is 24.9 Å². The molecule has 1 aliphatic rings. The molecule has 5 atom stereocenters. The summed E-state index contributed by atoms with van der Waals surface area (Å²) < 4.78 is 6.20. The van der Waals surface area contributed by atoms with Crippen LogP contribution in [0.1, 0.15) is 13.2 Å². The predicted octanol–water partition coefficient (Wildman–Crippen LogP) is -2.46. The number of ether oxygens (including phenoxy) is 1. The first-order valence-corrected chi connectivity index (χ1v) is 5.43. The summed E-state index contributed by atoms with van der Waals surface area (Å²) in [7, 11) is 0. The molecule has 0 radical (unpaired) electrons. The molecule has 0 aliphatic carbocycles. The van der Waals surface area contributed by atoms with Gasteiger partial charge in [-0.3, -0.25) is 14.3 Å². The van der Waals surface area contributed by atoms with Crippen LogP contribution >= 0.6 is 0 Å². The van der Waals surface area contributed by atoms with Gasteiger partial charge in [0.15, 0.2) is 6.23 Å². The number of aliphatic hydroxyl groups excluding tert-OH is 3. The standard InChI is InChI=1S/C10H14N2O6/c1-4(13)8-6(15)7(16)9(18-8)12-3-2-5(14)11-10(12)17/h2-4,6-9,13,15-16H,1H3,(H,11,14,17)/t4-,6?,7+,8-,9-/m1/s1. The van der Waals surface area contributed by atoms with Gasteiger partial charge in [-0.25, -0.2) is 4.79 Å². The van der Waals surface area contributed by atoms with E-state index in [1.807, 2.05) is 4.98 Å². The first-order valence-electron chi connectivity index (χ1n) is 5.43. The van der Waals surface area contributed by atoms with Gasteiger partial charge in [0.1, 0.15) is 18.3 Å². The average Bonchev–Trinajstić information content (AvgIpc) is 2.57. The normalized spacial score (nSPS) is 33.6. The molecule has 1 aromatic heterocycles. The molecule has 1 unspecified atom stereocenters. The number of aliphatic hydroxyl groups is 3. The second kappa shape index (κ2) is 4.65. The van der Waals surface area contributed by atoms with Gasteiger partial charge in [0.25, 0.3) is 5.56 Å². The second-order valence-electron chi connectivity index (χ2n) is 4.23. The van der Waals surface area contributed by atoms with Gasteiger partial charge in [0.2, 0.25) is 0 Å². The van der Waals surface area contributed by atoms with Crippen molar-refractivity contribution in [2.75, 3.05) is 0 Å². The number of aromatic amines is 1. The fourth-order valence-corrected chi connectivity index (χ4v) is 1.94. The van der Waals surface area contributed by atoms with Gasteiger partial charge in [-0.1, -0.05) is 0 Å². The highest BCUT2D eigenvalue weighted by Gasteiger charge is 2.45. The fraction of sp³-hybridized carbons (Fsp3) is 0.600. The maximum Gasteiger partial charge on any atom is 0.330 e. The lowest BCUT2D eigenvalue weighted by Crippen LogP contribution is -2.38. The molecule has 0 bridgehead atoms. The predicted molar refractivity (Wildman–Crippen MR) is 58.9 cm³/mol. The third-order valence-corrected chi connectivity index (χ3v) is 2.88. The number of hydrogen-bond acceptors (Lipinski definition) is 6. The van der Waals surface area contributed by atoms with Crippen molar-refractivity contribution in [1.82, 2.24) is 9.55 Å². The van der Waals surface area contributed by atoms with Crippen molar-refractivity contribution in [3.63, 3.8) is 0 Å². The average molecular weight is 258 g/mol. The summed E-state index contributed by atoms with van der Waals surface area (Å²) in [6, 6.07) is 1.10. The Bertz CT molecular complexity index is 536. The van der Waals surface area contributed by atoms with Gasteiger partial charge in [-0.15, -0.1) is 0 Å². The molecule has 18 heavy (non-hydrogen) atoms. The molecule has 100 valence electrons. The quantitative estimate of drug-likeness (QED) is 0.466. The molecule has 1 saturated heterocycles.